The van der Waals surface area contributed by atoms with Gasteiger partial charge in [-0.2, -0.15) is 0 Å². The number of esters is 1. The topological polar surface area (TPSA) is 60.4 Å². The minimum atomic E-state index is -1.44. The Morgan fingerprint density at radius 2 is 0.864 bits per heavy atom. The molecule has 230 valence electrons. The lowest BCUT2D eigenvalue weighted by atomic mass is 9.73. The average molecular weight is 607 g/mol. The fraction of sp³-hybridized carbons (Fsp3) is 0.250. The first-order chi connectivity index (χ1) is 20.9. The van der Waals surface area contributed by atoms with Crippen molar-refractivity contribution in [1.29, 1.82) is 0 Å². The number of halogens is 4. The van der Waals surface area contributed by atoms with Gasteiger partial charge in [0, 0.05) is 5.92 Å². The maximum atomic E-state index is 13.1. The van der Waals surface area contributed by atoms with Crippen molar-refractivity contribution in [2.24, 2.45) is 11.3 Å². The highest BCUT2D eigenvalue weighted by Crippen LogP contribution is 2.31. The maximum absolute atomic E-state index is 13.1. The molecular formula is C36H34F4O4. The number of carbonyl (C=O) groups excluding carboxylic acids is 3. The van der Waals surface area contributed by atoms with Gasteiger partial charge in [-0.15, -0.1) is 0 Å². The van der Waals surface area contributed by atoms with Crippen LogP contribution in [0.5, 0.6) is 0 Å². The molecule has 0 fully saturated rings. The van der Waals surface area contributed by atoms with E-state index in [2.05, 4.69) is 0 Å². The monoisotopic (exact) mass is 606 g/mol. The number of hydrogen-bond acceptors (Lipinski definition) is 4. The molecule has 0 aliphatic rings. The first-order valence-electron chi connectivity index (χ1n) is 14.0. The Labute approximate surface area is 254 Å². The summed E-state index contributed by atoms with van der Waals surface area (Å²) in [6.45, 7) is 2.88. The second kappa shape index (κ2) is 15.8. The van der Waals surface area contributed by atoms with Crippen molar-refractivity contribution in [3.8, 4) is 0 Å². The summed E-state index contributed by atoms with van der Waals surface area (Å²) in [6, 6.07) is 23.5. The van der Waals surface area contributed by atoms with Crippen LogP contribution >= 0.6 is 0 Å². The van der Waals surface area contributed by atoms with Gasteiger partial charge in [-0.3, -0.25) is 14.4 Å². The fourth-order valence-corrected chi connectivity index (χ4v) is 4.87. The van der Waals surface area contributed by atoms with Crippen molar-refractivity contribution in [3.05, 3.63) is 143 Å². The quantitative estimate of drug-likeness (QED) is 0.101. The molecule has 4 aromatic carbocycles. The predicted octanol–water partition coefficient (Wildman–Crippen LogP) is 7.45. The molecule has 0 aliphatic heterocycles. The summed E-state index contributed by atoms with van der Waals surface area (Å²) in [5.41, 5.74) is 1.69. The average Bonchev–Trinajstić information content (AvgIpc) is 3.00. The van der Waals surface area contributed by atoms with Gasteiger partial charge in [-0.1, -0.05) is 48.5 Å². The minimum absolute atomic E-state index is 0.0761. The van der Waals surface area contributed by atoms with E-state index in [0.29, 0.717) is 24.0 Å². The molecule has 4 rings (SSSR count). The molecule has 0 saturated carbocycles. The van der Waals surface area contributed by atoms with Crippen LogP contribution in [0.1, 0.15) is 36.1 Å². The third kappa shape index (κ3) is 9.73. The molecule has 4 aromatic rings. The Morgan fingerprint density at radius 3 is 1.11 bits per heavy atom. The van der Waals surface area contributed by atoms with Crippen molar-refractivity contribution < 1.29 is 36.7 Å². The highest BCUT2D eigenvalue weighted by molar-refractivity contribution is 6.03. The SMILES string of the molecule is CC(=O)C(Cc1ccc(F)cc1)Cc1ccc(F)cc1.COC(=O)C(Cc1ccc(F)cc1)(Cc1ccc(F)cc1)C(C)=O. The zero-order valence-corrected chi connectivity index (χ0v) is 24.8. The van der Waals surface area contributed by atoms with Crippen LogP contribution < -0.4 is 0 Å². The molecule has 0 N–H and O–H groups in total. The van der Waals surface area contributed by atoms with Crippen molar-refractivity contribution in [2.75, 3.05) is 7.11 Å². The fourth-order valence-electron chi connectivity index (χ4n) is 4.87. The van der Waals surface area contributed by atoms with Gasteiger partial charge in [0.25, 0.3) is 0 Å². The smallest absolute Gasteiger partial charge is 0.320 e. The molecule has 0 aliphatic carbocycles. The van der Waals surface area contributed by atoms with Crippen molar-refractivity contribution >= 4 is 17.5 Å². The Balaban J connectivity index is 0.000000244. The van der Waals surface area contributed by atoms with Crippen LogP contribution in [0.25, 0.3) is 0 Å². The molecule has 4 nitrogen and oxygen atoms in total. The summed E-state index contributed by atoms with van der Waals surface area (Å²) in [5.74, 6) is -2.48. The third-order valence-corrected chi connectivity index (χ3v) is 7.45. The van der Waals surface area contributed by atoms with E-state index in [0.717, 1.165) is 11.1 Å². The Hall–Kier alpha value is -4.59. The largest absolute Gasteiger partial charge is 0.468 e. The van der Waals surface area contributed by atoms with E-state index >= 15 is 0 Å². The van der Waals surface area contributed by atoms with Gasteiger partial charge in [0.05, 0.1) is 7.11 Å². The molecule has 0 atom stereocenters. The summed E-state index contributed by atoms with van der Waals surface area (Å²) in [6.07, 6.45) is 1.28. The van der Waals surface area contributed by atoms with E-state index in [4.69, 9.17) is 4.74 Å². The summed E-state index contributed by atoms with van der Waals surface area (Å²) in [4.78, 5) is 36.5. The van der Waals surface area contributed by atoms with Crippen LogP contribution in [0.15, 0.2) is 97.1 Å². The molecule has 0 spiro atoms. The van der Waals surface area contributed by atoms with Crippen LogP contribution in [-0.2, 0) is 44.8 Å². The summed E-state index contributed by atoms with van der Waals surface area (Å²) in [5, 5.41) is 0. The van der Waals surface area contributed by atoms with E-state index in [-0.39, 0.29) is 42.0 Å². The number of ether oxygens (including phenoxy) is 1. The zero-order chi connectivity index (χ0) is 32.3. The van der Waals surface area contributed by atoms with Crippen LogP contribution in [0, 0.1) is 34.6 Å². The lowest BCUT2D eigenvalue weighted by Gasteiger charge is -2.28. The normalized spacial score (nSPS) is 11.0. The van der Waals surface area contributed by atoms with E-state index < -0.39 is 23.0 Å². The Morgan fingerprint density at radius 1 is 0.568 bits per heavy atom. The highest BCUT2D eigenvalue weighted by atomic mass is 19.1. The first-order valence-corrected chi connectivity index (χ1v) is 14.0. The molecule has 8 heteroatoms. The Kier molecular flexibility index (Phi) is 12.1. The molecular weight excluding hydrogens is 572 g/mol. The Bertz CT molecular complexity index is 1440. The van der Waals surface area contributed by atoms with Gasteiger partial charge in [-0.05, 0) is 110 Å². The summed E-state index contributed by atoms with van der Waals surface area (Å²) < 4.78 is 56.8. The number of rotatable bonds is 11. The number of ketones is 2. The minimum Gasteiger partial charge on any atom is -0.468 e. The number of hydrogen-bond donors (Lipinski definition) is 0. The number of carbonyl (C=O) groups is 3. The van der Waals surface area contributed by atoms with Crippen LogP contribution in [0.4, 0.5) is 17.6 Å². The van der Waals surface area contributed by atoms with Crippen LogP contribution in [0.3, 0.4) is 0 Å². The number of Topliss-reactive ketones (excluding diaryl/α,β-unsaturated/α-hetero) is 2. The molecule has 0 bridgehead atoms. The summed E-state index contributed by atoms with van der Waals surface area (Å²) >= 11 is 0. The molecule has 0 radical (unpaired) electrons. The van der Waals surface area contributed by atoms with Crippen LogP contribution in [-0.4, -0.2) is 24.6 Å². The second-order valence-electron chi connectivity index (χ2n) is 10.7. The van der Waals surface area contributed by atoms with Gasteiger partial charge in [0.1, 0.15) is 40.3 Å². The molecule has 0 amide bonds. The summed E-state index contributed by atoms with van der Waals surface area (Å²) in [7, 11) is 1.22. The molecule has 0 heterocycles. The van der Waals surface area contributed by atoms with E-state index in [9.17, 15) is 31.9 Å². The van der Waals surface area contributed by atoms with Gasteiger partial charge in [0.15, 0.2) is 0 Å². The molecule has 0 aromatic heterocycles. The van der Waals surface area contributed by atoms with Gasteiger partial charge in [0.2, 0.25) is 0 Å². The van der Waals surface area contributed by atoms with Crippen LogP contribution in [0.2, 0.25) is 0 Å². The maximum Gasteiger partial charge on any atom is 0.320 e. The van der Waals surface area contributed by atoms with Gasteiger partial charge < -0.3 is 4.74 Å². The van der Waals surface area contributed by atoms with E-state index in [1.165, 1.54) is 86.8 Å². The van der Waals surface area contributed by atoms with E-state index in [1.54, 1.807) is 31.2 Å². The number of benzene rings is 4. The lowest BCUT2D eigenvalue weighted by Crippen LogP contribution is -2.43. The molecule has 0 saturated heterocycles. The van der Waals surface area contributed by atoms with Gasteiger partial charge >= 0.3 is 5.97 Å². The highest BCUT2D eigenvalue weighted by Gasteiger charge is 2.44. The second-order valence-corrected chi connectivity index (χ2v) is 10.7. The molecule has 0 unspecified atom stereocenters. The standard InChI is InChI=1S/C19H18F2O3.C17H16F2O/c1-13(22)19(18(23)24-2,11-14-3-7-16(20)8-4-14)12-15-5-9-17(21)10-6-15;1-12(20)15(10-13-2-6-16(18)7-3-13)11-14-4-8-17(19)9-5-14/h3-10H,11-12H2,1-2H3;2-9,15H,10-11H2,1H3. The first kappa shape index (κ1) is 33.9. The van der Waals surface area contributed by atoms with E-state index in [1.807, 2.05) is 0 Å². The molecule has 44 heavy (non-hydrogen) atoms. The lowest BCUT2D eigenvalue weighted by molar-refractivity contribution is -0.157. The number of methoxy groups -OCH3 is 1. The zero-order valence-electron chi connectivity index (χ0n) is 24.8. The van der Waals surface area contributed by atoms with Crippen molar-refractivity contribution in [1.82, 2.24) is 0 Å². The third-order valence-electron chi connectivity index (χ3n) is 7.45. The van der Waals surface area contributed by atoms with Crippen molar-refractivity contribution in [3.63, 3.8) is 0 Å². The van der Waals surface area contributed by atoms with Gasteiger partial charge in [-0.25, -0.2) is 17.6 Å². The van der Waals surface area contributed by atoms with Crippen molar-refractivity contribution in [2.45, 2.75) is 39.5 Å². The predicted molar refractivity (Wildman–Crippen MR) is 160 cm³/mol.